The maximum Gasteiger partial charge on any atom is 0.255 e. The Hall–Kier alpha value is -4.26. The zero-order valence-electron chi connectivity index (χ0n) is 21.6. The van der Waals surface area contributed by atoms with E-state index in [-0.39, 0.29) is 11.8 Å². The van der Waals surface area contributed by atoms with Gasteiger partial charge in [0.2, 0.25) is 5.91 Å². The van der Waals surface area contributed by atoms with E-state index in [4.69, 9.17) is 14.2 Å². The third-order valence-electron chi connectivity index (χ3n) is 5.30. The lowest BCUT2D eigenvalue weighted by Gasteiger charge is -2.17. The van der Waals surface area contributed by atoms with Crippen LogP contribution in [0.25, 0.3) is 6.08 Å². The summed E-state index contributed by atoms with van der Waals surface area (Å²) in [7, 11) is 0. The summed E-state index contributed by atoms with van der Waals surface area (Å²) >= 11 is 0. The van der Waals surface area contributed by atoms with Gasteiger partial charge in [0.25, 0.3) is 5.91 Å². The molecule has 194 valence electrons. The van der Waals surface area contributed by atoms with E-state index in [0.29, 0.717) is 48.3 Å². The number of carbonyl (C=O) groups is 2. The number of hydrogen-bond donors (Lipinski definition) is 2. The summed E-state index contributed by atoms with van der Waals surface area (Å²) in [4.78, 5) is 25.4. The van der Waals surface area contributed by atoms with Gasteiger partial charge in [0, 0.05) is 23.8 Å². The van der Waals surface area contributed by atoms with Crippen molar-refractivity contribution in [3.8, 4) is 17.2 Å². The predicted molar refractivity (Wildman–Crippen MR) is 148 cm³/mol. The molecule has 3 aromatic rings. The number of unbranched alkanes of at least 4 members (excludes halogenated alkanes) is 1. The van der Waals surface area contributed by atoms with E-state index in [0.717, 1.165) is 24.2 Å². The van der Waals surface area contributed by atoms with Gasteiger partial charge in [-0.3, -0.25) is 9.59 Å². The molecule has 2 N–H and O–H groups in total. The fourth-order valence-electron chi connectivity index (χ4n) is 3.44. The molecule has 0 fully saturated rings. The fraction of sp³-hybridized carbons (Fsp3) is 0.267. The Morgan fingerprint density at radius 2 is 1.41 bits per heavy atom. The average Bonchev–Trinajstić information content (AvgIpc) is 2.91. The maximum absolute atomic E-state index is 12.7. The molecule has 3 aromatic carbocycles. The summed E-state index contributed by atoms with van der Waals surface area (Å²) < 4.78 is 17.2. The van der Waals surface area contributed by atoms with Gasteiger partial charge in [-0.05, 0) is 56.2 Å². The molecule has 0 aromatic heterocycles. The second kappa shape index (κ2) is 14.3. The van der Waals surface area contributed by atoms with Crippen molar-refractivity contribution < 1.29 is 23.8 Å². The lowest BCUT2D eigenvalue weighted by molar-refractivity contribution is -0.111. The molecular weight excluding hydrogens is 468 g/mol. The van der Waals surface area contributed by atoms with Gasteiger partial charge in [-0.15, -0.1) is 0 Å². The highest BCUT2D eigenvalue weighted by atomic mass is 16.5. The van der Waals surface area contributed by atoms with E-state index >= 15 is 0 Å². The Kier molecular flexibility index (Phi) is 10.6. The van der Waals surface area contributed by atoms with Gasteiger partial charge in [0.1, 0.15) is 17.2 Å². The van der Waals surface area contributed by atoms with Crippen molar-refractivity contribution in [1.82, 2.24) is 0 Å². The van der Waals surface area contributed by atoms with Crippen molar-refractivity contribution in [3.63, 3.8) is 0 Å². The molecule has 0 aliphatic carbocycles. The van der Waals surface area contributed by atoms with Crippen molar-refractivity contribution in [3.05, 3.63) is 83.9 Å². The van der Waals surface area contributed by atoms with Gasteiger partial charge >= 0.3 is 0 Å². The van der Waals surface area contributed by atoms with Crippen molar-refractivity contribution in [2.24, 2.45) is 0 Å². The summed E-state index contributed by atoms with van der Waals surface area (Å²) in [6.45, 7) is 7.27. The second-order valence-electron chi connectivity index (χ2n) is 8.12. The summed E-state index contributed by atoms with van der Waals surface area (Å²) in [6.07, 6.45) is 5.27. The molecule has 0 spiro atoms. The molecule has 0 saturated carbocycles. The first-order valence-electron chi connectivity index (χ1n) is 12.6. The van der Waals surface area contributed by atoms with Crippen molar-refractivity contribution in [2.75, 3.05) is 30.5 Å². The highest BCUT2D eigenvalue weighted by Gasteiger charge is 2.16. The molecule has 0 saturated heterocycles. The van der Waals surface area contributed by atoms with Crippen LogP contribution in [0.5, 0.6) is 17.2 Å². The van der Waals surface area contributed by atoms with E-state index < -0.39 is 0 Å². The van der Waals surface area contributed by atoms with E-state index in [9.17, 15) is 9.59 Å². The Morgan fingerprint density at radius 1 is 0.784 bits per heavy atom. The standard InChI is InChI=1S/C30H34N2O5/c1-4-7-19-37-24-16-13-22(14-17-24)15-18-29(33)31-25-20-28(36-6-3)26(21-27(25)35-5-2)32-30(34)23-11-9-8-10-12-23/h8-18,20-21H,4-7,19H2,1-3H3,(H,31,33)(H,32,34)/b18-15+. The first kappa shape index (κ1) is 27.3. The molecule has 0 aliphatic rings. The van der Waals surface area contributed by atoms with Gasteiger partial charge in [-0.2, -0.15) is 0 Å². The Labute approximate surface area is 218 Å². The third-order valence-corrected chi connectivity index (χ3v) is 5.30. The molecule has 0 atom stereocenters. The smallest absolute Gasteiger partial charge is 0.255 e. The van der Waals surface area contributed by atoms with Crippen LogP contribution >= 0.6 is 0 Å². The minimum Gasteiger partial charge on any atom is -0.494 e. The number of hydrogen-bond acceptors (Lipinski definition) is 5. The zero-order valence-corrected chi connectivity index (χ0v) is 21.6. The second-order valence-corrected chi connectivity index (χ2v) is 8.12. The highest BCUT2D eigenvalue weighted by molar-refractivity contribution is 6.06. The van der Waals surface area contributed by atoms with Gasteiger partial charge in [-0.25, -0.2) is 0 Å². The minimum absolute atomic E-state index is 0.273. The number of amides is 2. The lowest BCUT2D eigenvalue weighted by atomic mass is 10.2. The topological polar surface area (TPSA) is 85.9 Å². The molecule has 7 nitrogen and oxygen atoms in total. The maximum atomic E-state index is 12.7. The molecule has 2 amide bonds. The van der Waals surface area contributed by atoms with Crippen molar-refractivity contribution in [2.45, 2.75) is 33.6 Å². The van der Waals surface area contributed by atoms with E-state index in [2.05, 4.69) is 17.6 Å². The van der Waals surface area contributed by atoms with Crippen LogP contribution in [0.4, 0.5) is 11.4 Å². The van der Waals surface area contributed by atoms with Crippen LogP contribution in [-0.2, 0) is 4.79 Å². The predicted octanol–water partition coefficient (Wildman–Crippen LogP) is 6.57. The minimum atomic E-state index is -0.326. The van der Waals surface area contributed by atoms with E-state index in [1.807, 2.05) is 44.2 Å². The van der Waals surface area contributed by atoms with Crippen LogP contribution in [0.15, 0.2) is 72.8 Å². The number of benzene rings is 3. The summed E-state index contributed by atoms with van der Waals surface area (Å²) in [5, 5.41) is 5.73. The molecule has 0 aliphatic heterocycles. The van der Waals surface area contributed by atoms with E-state index in [1.54, 1.807) is 42.5 Å². The lowest BCUT2D eigenvalue weighted by Crippen LogP contribution is -2.14. The van der Waals surface area contributed by atoms with Crippen LogP contribution in [0.2, 0.25) is 0 Å². The third kappa shape index (κ3) is 8.42. The monoisotopic (exact) mass is 502 g/mol. The number of anilines is 2. The highest BCUT2D eigenvalue weighted by Crippen LogP contribution is 2.37. The van der Waals surface area contributed by atoms with Gasteiger partial charge < -0.3 is 24.8 Å². The van der Waals surface area contributed by atoms with Gasteiger partial charge in [-0.1, -0.05) is 43.7 Å². The average molecular weight is 503 g/mol. The van der Waals surface area contributed by atoms with Crippen molar-refractivity contribution >= 4 is 29.3 Å². The molecule has 0 bridgehead atoms. The molecule has 0 heterocycles. The Bertz CT molecular complexity index is 1190. The van der Waals surface area contributed by atoms with Gasteiger partial charge in [0.05, 0.1) is 31.2 Å². The molecule has 7 heteroatoms. The molecular formula is C30H34N2O5. The normalized spacial score (nSPS) is 10.7. The van der Waals surface area contributed by atoms with Crippen LogP contribution in [0.1, 0.15) is 49.5 Å². The van der Waals surface area contributed by atoms with E-state index in [1.165, 1.54) is 6.08 Å². The van der Waals surface area contributed by atoms with Gasteiger partial charge in [0.15, 0.2) is 0 Å². The van der Waals surface area contributed by atoms with Crippen LogP contribution in [0, 0.1) is 0 Å². The summed E-state index contributed by atoms with van der Waals surface area (Å²) in [5.41, 5.74) is 2.29. The SMILES string of the molecule is CCCCOc1ccc(/C=C/C(=O)Nc2cc(OCC)c(NC(=O)c3ccccc3)cc2OCC)cc1. The Balaban J connectivity index is 1.74. The summed E-state index contributed by atoms with van der Waals surface area (Å²) in [5.74, 6) is 1.05. The molecule has 37 heavy (non-hydrogen) atoms. The molecule has 3 rings (SSSR count). The molecule has 0 unspecified atom stereocenters. The van der Waals surface area contributed by atoms with Crippen LogP contribution < -0.4 is 24.8 Å². The number of rotatable bonds is 13. The van der Waals surface area contributed by atoms with Crippen LogP contribution in [0.3, 0.4) is 0 Å². The number of ether oxygens (including phenoxy) is 3. The zero-order chi connectivity index (χ0) is 26.5. The van der Waals surface area contributed by atoms with Crippen LogP contribution in [-0.4, -0.2) is 31.6 Å². The summed E-state index contributed by atoms with van der Waals surface area (Å²) in [6, 6.07) is 19.8. The Morgan fingerprint density at radius 3 is 2.00 bits per heavy atom. The fourth-order valence-corrected chi connectivity index (χ4v) is 3.44. The first-order chi connectivity index (χ1) is 18.0. The number of nitrogens with one attached hydrogen (secondary N) is 2. The van der Waals surface area contributed by atoms with Crippen molar-refractivity contribution in [1.29, 1.82) is 0 Å². The largest absolute Gasteiger partial charge is 0.494 e. The quantitative estimate of drug-likeness (QED) is 0.204. The molecule has 0 radical (unpaired) electrons. The first-order valence-corrected chi connectivity index (χ1v) is 12.6. The number of carbonyl (C=O) groups excluding carboxylic acids is 2.